The number of rotatable bonds is 1. The number of nitrogens with zero attached hydrogens (tertiary/aromatic N) is 1. The van der Waals surface area contributed by atoms with Gasteiger partial charge in [0.1, 0.15) is 0 Å². The highest BCUT2D eigenvalue weighted by atomic mass is 16.5. The third kappa shape index (κ3) is 4.07. The quantitative estimate of drug-likeness (QED) is 0.329. The van der Waals surface area contributed by atoms with Crippen molar-refractivity contribution in [1.29, 1.82) is 0 Å². The first-order valence-corrected chi connectivity index (χ1v) is 16.9. The average Bonchev–Trinajstić information content (AvgIpc) is 3.33. The minimum Gasteiger partial charge on any atom is -0.371 e. The van der Waals surface area contributed by atoms with Gasteiger partial charge in [0.2, 0.25) is 0 Å². The highest BCUT2D eigenvalue weighted by Crippen LogP contribution is 2.66. The van der Waals surface area contributed by atoms with Crippen LogP contribution >= 0.6 is 0 Å². The van der Waals surface area contributed by atoms with Crippen LogP contribution < -0.4 is 0 Å². The Labute approximate surface area is 228 Å². The molecule has 1 spiro atoms. The Hall–Kier alpha value is -0.340. The molecule has 0 aromatic heterocycles. The normalized spacial score (nSPS) is 54.4. The molecule has 2 heteroatoms. The van der Waals surface area contributed by atoms with E-state index in [4.69, 9.17) is 4.74 Å². The third-order valence-electron chi connectivity index (χ3n) is 14.3. The van der Waals surface area contributed by atoms with Crippen LogP contribution in [0.15, 0.2) is 11.1 Å². The van der Waals surface area contributed by atoms with Gasteiger partial charge in [-0.25, -0.2) is 0 Å². The summed E-state index contributed by atoms with van der Waals surface area (Å²) in [7, 11) is 0. The smallest absolute Gasteiger partial charge is 0.0752 e. The van der Waals surface area contributed by atoms with Gasteiger partial charge in [-0.1, -0.05) is 45.3 Å². The number of ether oxygens (including phenoxy) is 1. The van der Waals surface area contributed by atoms with Crippen LogP contribution in [0.25, 0.3) is 0 Å². The fraction of sp³-hybridized carbons (Fsp3) is 0.943. The van der Waals surface area contributed by atoms with E-state index in [9.17, 15) is 0 Å². The van der Waals surface area contributed by atoms with E-state index < -0.39 is 0 Å². The Morgan fingerprint density at radius 2 is 1.70 bits per heavy atom. The molecule has 6 fully saturated rings. The summed E-state index contributed by atoms with van der Waals surface area (Å²) in [6.07, 6.45) is 20.5. The van der Waals surface area contributed by atoms with Gasteiger partial charge in [0.05, 0.1) is 11.7 Å². The molecule has 0 aromatic rings. The SMILES string of the molecule is CC1=C2C[C@H]3[C@@H](CCC4CC(N5CCCC(C)C5)CC[C@@]43C)[C@@H]2CC[C@@]2(C1)O[C@@H]1C[C@H](C)CC[C@H]1[C@H]2C. The summed E-state index contributed by atoms with van der Waals surface area (Å²) in [5, 5.41) is 0. The van der Waals surface area contributed by atoms with Crippen LogP contribution in [0.3, 0.4) is 0 Å². The second-order valence-electron chi connectivity index (χ2n) is 16.1. The van der Waals surface area contributed by atoms with Crippen molar-refractivity contribution in [3.63, 3.8) is 0 Å². The van der Waals surface area contributed by atoms with E-state index in [2.05, 4.69) is 39.5 Å². The van der Waals surface area contributed by atoms with Crippen LogP contribution in [0.2, 0.25) is 0 Å². The van der Waals surface area contributed by atoms with Gasteiger partial charge in [-0.15, -0.1) is 0 Å². The Kier molecular flexibility index (Phi) is 6.48. The number of fused-ring (bicyclic) bond motifs is 6. The Morgan fingerprint density at radius 3 is 2.54 bits per heavy atom. The molecule has 0 N–H and O–H groups in total. The largest absolute Gasteiger partial charge is 0.371 e. The number of allylic oxidation sites excluding steroid dienone is 1. The van der Waals surface area contributed by atoms with Crippen LogP contribution in [0.4, 0.5) is 0 Å². The highest BCUT2D eigenvalue weighted by molar-refractivity contribution is 5.29. The lowest BCUT2D eigenvalue weighted by atomic mass is 9.52. The molecular weight excluding hydrogens is 450 g/mol. The molecule has 0 amide bonds. The highest BCUT2D eigenvalue weighted by Gasteiger charge is 2.59. The number of piperidine rings is 1. The zero-order chi connectivity index (χ0) is 25.5. The third-order valence-corrected chi connectivity index (χ3v) is 14.3. The van der Waals surface area contributed by atoms with Gasteiger partial charge < -0.3 is 9.64 Å². The minimum atomic E-state index is 0.154. The van der Waals surface area contributed by atoms with E-state index in [1.807, 2.05) is 5.57 Å². The van der Waals surface area contributed by atoms with Crippen LogP contribution in [-0.4, -0.2) is 35.7 Å². The van der Waals surface area contributed by atoms with Gasteiger partial charge in [-0.3, -0.25) is 0 Å². The monoisotopic (exact) mass is 507 g/mol. The zero-order valence-electron chi connectivity index (χ0n) is 24.9. The topological polar surface area (TPSA) is 12.5 Å². The molecule has 4 saturated carbocycles. The maximum atomic E-state index is 7.17. The molecule has 7 aliphatic rings. The van der Waals surface area contributed by atoms with Crippen LogP contribution in [-0.2, 0) is 4.74 Å². The van der Waals surface area contributed by atoms with Crippen molar-refractivity contribution in [2.24, 2.45) is 52.8 Å². The molecule has 2 saturated heterocycles. The molecule has 2 heterocycles. The van der Waals surface area contributed by atoms with Gasteiger partial charge in [0, 0.05) is 12.6 Å². The van der Waals surface area contributed by atoms with Crippen molar-refractivity contribution >= 4 is 0 Å². The molecule has 0 bridgehead atoms. The Balaban J connectivity index is 1.09. The lowest BCUT2D eigenvalue weighted by Crippen LogP contribution is -2.52. The van der Waals surface area contributed by atoms with E-state index in [-0.39, 0.29) is 5.60 Å². The Morgan fingerprint density at radius 1 is 0.865 bits per heavy atom. The predicted octanol–water partition coefficient (Wildman–Crippen LogP) is 8.65. The standard InChI is InChI=1S/C35H57NO/c1-22-8-10-28-25(4)35(37-33(28)17-22)15-13-29-30-11-9-26-18-27(36-16-6-7-23(2)21-36)12-14-34(26,5)32(30)19-31(29)24(3)20-35/h22-23,25-30,32-33H,6-21H2,1-5H3/t22-,23?,25-,26?,27?,28+,29+,30+,32+,33-,34+,35+/m1/s1. The van der Waals surface area contributed by atoms with Crippen LogP contribution in [0.1, 0.15) is 125 Å². The summed E-state index contributed by atoms with van der Waals surface area (Å²) in [5.41, 5.74) is 4.45. The molecule has 5 aliphatic carbocycles. The summed E-state index contributed by atoms with van der Waals surface area (Å²) < 4.78 is 7.17. The molecule has 2 aliphatic heterocycles. The second kappa shape index (κ2) is 9.36. The summed E-state index contributed by atoms with van der Waals surface area (Å²) in [6.45, 7) is 15.6. The predicted molar refractivity (Wildman–Crippen MR) is 153 cm³/mol. The second-order valence-corrected chi connectivity index (χ2v) is 16.1. The van der Waals surface area contributed by atoms with Gasteiger partial charge in [-0.2, -0.15) is 0 Å². The lowest BCUT2D eigenvalue weighted by molar-refractivity contribution is -0.0786. The summed E-state index contributed by atoms with van der Waals surface area (Å²) in [4.78, 5) is 2.92. The fourth-order valence-corrected chi connectivity index (χ4v) is 12.1. The number of hydrogen-bond donors (Lipinski definition) is 0. The Bertz CT molecular complexity index is 909. The maximum absolute atomic E-state index is 7.17. The van der Waals surface area contributed by atoms with Gasteiger partial charge in [-0.05, 0) is 150 Å². The first kappa shape index (κ1) is 25.6. The van der Waals surface area contributed by atoms with E-state index >= 15 is 0 Å². The fourth-order valence-electron chi connectivity index (χ4n) is 12.1. The molecule has 3 unspecified atom stereocenters. The number of hydrogen-bond acceptors (Lipinski definition) is 2. The van der Waals surface area contributed by atoms with Gasteiger partial charge >= 0.3 is 0 Å². The molecule has 0 radical (unpaired) electrons. The van der Waals surface area contributed by atoms with Crippen molar-refractivity contribution in [1.82, 2.24) is 4.90 Å². The van der Waals surface area contributed by atoms with Gasteiger partial charge in [0.25, 0.3) is 0 Å². The van der Waals surface area contributed by atoms with Gasteiger partial charge in [0.15, 0.2) is 0 Å². The lowest BCUT2D eigenvalue weighted by Gasteiger charge is -2.56. The molecule has 12 atom stereocenters. The average molecular weight is 508 g/mol. The molecule has 2 nitrogen and oxygen atoms in total. The molecular formula is C35H57NO. The first-order valence-electron chi connectivity index (χ1n) is 16.9. The van der Waals surface area contributed by atoms with E-state index in [1.54, 1.807) is 5.57 Å². The van der Waals surface area contributed by atoms with Crippen molar-refractivity contribution in [2.45, 2.75) is 142 Å². The van der Waals surface area contributed by atoms with E-state index in [0.29, 0.717) is 11.5 Å². The van der Waals surface area contributed by atoms with Crippen LogP contribution in [0, 0.1) is 52.8 Å². The molecule has 7 rings (SSSR count). The molecule has 37 heavy (non-hydrogen) atoms. The van der Waals surface area contributed by atoms with Crippen molar-refractivity contribution in [2.75, 3.05) is 13.1 Å². The minimum absolute atomic E-state index is 0.154. The molecule has 0 aromatic carbocycles. The van der Waals surface area contributed by atoms with Crippen molar-refractivity contribution in [3.05, 3.63) is 11.1 Å². The molecule has 208 valence electrons. The maximum Gasteiger partial charge on any atom is 0.0752 e. The number of likely N-dealkylation sites (tertiary alicyclic amines) is 1. The zero-order valence-corrected chi connectivity index (χ0v) is 24.9. The summed E-state index contributed by atoms with van der Waals surface area (Å²) in [5.74, 6) is 7.12. The summed E-state index contributed by atoms with van der Waals surface area (Å²) in [6, 6.07) is 0.886. The van der Waals surface area contributed by atoms with E-state index in [1.165, 1.54) is 103 Å². The van der Waals surface area contributed by atoms with Crippen molar-refractivity contribution < 1.29 is 4.74 Å². The first-order chi connectivity index (χ1) is 17.8. The van der Waals surface area contributed by atoms with Crippen molar-refractivity contribution in [3.8, 4) is 0 Å². The summed E-state index contributed by atoms with van der Waals surface area (Å²) >= 11 is 0. The van der Waals surface area contributed by atoms with E-state index in [0.717, 1.165) is 53.4 Å². The van der Waals surface area contributed by atoms with Crippen LogP contribution in [0.5, 0.6) is 0 Å².